The molecule has 0 saturated heterocycles. The van der Waals surface area contributed by atoms with Crippen LogP contribution in [0.1, 0.15) is 42.5 Å². The number of aliphatic hydroxyl groups is 1. The fourth-order valence-corrected chi connectivity index (χ4v) is 3.23. The minimum Gasteiger partial charge on any atom is -0.396 e. The topological polar surface area (TPSA) is 67.2 Å². The van der Waals surface area contributed by atoms with Crippen LogP contribution in [-0.2, 0) is 0 Å². The molecule has 1 saturated carbocycles. The first-order valence-corrected chi connectivity index (χ1v) is 8.30. The molecule has 0 spiro atoms. The van der Waals surface area contributed by atoms with Gasteiger partial charge in [0, 0.05) is 36.5 Å². The Labute approximate surface area is 136 Å². The molecule has 1 aliphatic rings. The maximum absolute atomic E-state index is 12.5. The van der Waals surface area contributed by atoms with Gasteiger partial charge in [0.05, 0.1) is 5.69 Å². The van der Waals surface area contributed by atoms with Crippen molar-refractivity contribution in [1.29, 1.82) is 0 Å². The maximum Gasteiger partial charge on any atom is 0.251 e. The van der Waals surface area contributed by atoms with Gasteiger partial charge in [0.15, 0.2) is 0 Å². The highest BCUT2D eigenvalue weighted by atomic mass is 16.3. The zero-order valence-electron chi connectivity index (χ0n) is 13.2. The van der Waals surface area contributed by atoms with Gasteiger partial charge in [-0.3, -0.25) is 4.79 Å². The number of benzene rings is 1. The van der Waals surface area contributed by atoms with E-state index in [2.05, 4.69) is 10.4 Å². The molecule has 3 rings (SSSR count). The number of rotatable bonds is 4. The molecule has 0 bridgehead atoms. The third-order valence-corrected chi connectivity index (χ3v) is 4.61. The standard InChI is InChI=1S/C18H23N3O2/c22-13-15-5-2-1-3-6-17(15)20-18(23)14-7-9-16(10-8-14)21-12-4-11-19-21/h4,7-12,15,17,22H,1-3,5-6,13H2,(H,20,23). The number of nitrogens with zero attached hydrogens (tertiary/aromatic N) is 2. The second kappa shape index (κ2) is 7.42. The van der Waals surface area contributed by atoms with Gasteiger partial charge in [0.1, 0.15) is 0 Å². The molecule has 2 unspecified atom stereocenters. The Bertz CT molecular complexity index is 622. The summed E-state index contributed by atoms with van der Waals surface area (Å²) in [6.45, 7) is 0.142. The average Bonchev–Trinajstić information content (AvgIpc) is 3.03. The van der Waals surface area contributed by atoms with E-state index in [1.807, 2.05) is 36.5 Å². The van der Waals surface area contributed by atoms with E-state index >= 15 is 0 Å². The molecule has 0 radical (unpaired) electrons. The minimum absolute atomic E-state index is 0.0673. The normalized spacial score (nSPS) is 21.6. The molecule has 23 heavy (non-hydrogen) atoms. The Hall–Kier alpha value is -2.14. The summed E-state index contributed by atoms with van der Waals surface area (Å²) >= 11 is 0. The molecular weight excluding hydrogens is 290 g/mol. The molecule has 1 aromatic carbocycles. The highest BCUT2D eigenvalue weighted by Gasteiger charge is 2.24. The van der Waals surface area contributed by atoms with E-state index in [9.17, 15) is 9.90 Å². The molecular formula is C18H23N3O2. The van der Waals surface area contributed by atoms with Gasteiger partial charge in [0.25, 0.3) is 5.91 Å². The van der Waals surface area contributed by atoms with Gasteiger partial charge in [-0.15, -0.1) is 0 Å². The first kappa shape index (κ1) is 15.7. The summed E-state index contributed by atoms with van der Waals surface area (Å²) < 4.78 is 1.76. The number of hydrogen-bond acceptors (Lipinski definition) is 3. The predicted molar refractivity (Wildman–Crippen MR) is 88.5 cm³/mol. The van der Waals surface area contributed by atoms with Crippen molar-refractivity contribution in [2.45, 2.75) is 38.1 Å². The lowest BCUT2D eigenvalue weighted by atomic mass is 9.95. The maximum atomic E-state index is 12.5. The Balaban J connectivity index is 1.67. The molecule has 0 aliphatic heterocycles. The molecule has 1 fully saturated rings. The number of aliphatic hydroxyl groups excluding tert-OH is 1. The Morgan fingerprint density at radius 1 is 1.22 bits per heavy atom. The van der Waals surface area contributed by atoms with Crippen LogP contribution in [-0.4, -0.2) is 33.4 Å². The van der Waals surface area contributed by atoms with E-state index in [-0.39, 0.29) is 24.5 Å². The zero-order chi connectivity index (χ0) is 16.1. The fraction of sp³-hybridized carbons (Fsp3) is 0.444. The summed E-state index contributed by atoms with van der Waals surface area (Å²) in [5, 5.41) is 16.8. The van der Waals surface area contributed by atoms with Gasteiger partial charge < -0.3 is 10.4 Å². The van der Waals surface area contributed by atoms with Crippen LogP contribution in [0, 0.1) is 5.92 Å². The first-order chi connectivity index (χ1) is 11.3. The van der Waals surface area contributed by atoms with Crippen LogP contribution in [0.15, 0.2) is 42.7 Å². The molecule has 1 aromatic heterocycles. The van der Waals surface area contributed by atoms with Crippen molar-refractivity contribution >= 4 is 5.91 Å². The SMILES string of the molecule is O=C(NC1CCCCCC1CO)c1ccc(-n2cccn2)cc1. The second-order valence-corrected chi connectivity index (χ2v) is 6.16. The van der Waals surface area contributed by atoms with Gasteiger partial charge in [-0.25, -0.2) is 4.68 Å². The van der Waals surface area contributed by atoms with Gasteiger partial charge >= 0.3 is 0 Å². The van der Waals surface area contributed by atoms with Gasteiger partial charge in [-0.1, -0.05) is 19.3 Å². The number of hydrogen-bond donors (Lipinski definition) is 2. The van der Waals surface area contributed by atoms with Crippen molar-refractivity contribution in [3.05, 3.63) is 48.3 Å². The summed E-state index contributed by atoms with van der Waals surface area (Å²) in [6, 6.07) is 9.34. The Morgan fingerprint density at radius 2 is 2.00 bits per heavy atom. The quantitative estimate of drug-likeness (QED) is 0.852. The minimum atomic E-state index is -0.0673. The smallest absolute Gasteiger partial charge is 0.251 e. The molecule has 2 atom stereocenters. The van der Waals surface area contributed by atoms with E-state index in [0.717, 1.165) is 31.4 Å². The van der Waals surface area contributed by atoms with Crippen molar-refractivity contribution in [2.75, 3.05) is 6.61 Å². The molecule has 5 nitrogen and oxygen atoms in total. The van der Waals surface area contributed by atoms with Crippen LogP contribution in [0.25, 0.3) is 5.69 Å². The molecule has 1 amide bonds. The fourth-order valence-electron chi connectivity index (χ4n) is 3.23. The Kier molecular flexibility index (Phi) is 5.08. The van der Waals surface area contributed by atoms with Crippen molar-refractivity contribution in [2.24, 2.45) is 5.92 Å². The summed E-state index contributed by atoms with van der Waals surface area (Å²) in [4.78, 5) is 12.5. The molecule has 122 valence electrons. The largest absolute Gasteiger partial charge is 0.396 e. The third-order valence-electron chi connectivity index (χ3n) is 4.61. The van der Waals surface area contributed by atoms with Crippen LogP contribution in [0.2, 0.25) is 0 Å². The number of nitrogens with one attached hydrogen (secondary N) is 1. The van der Waals surface area contributed by atoms with Crippen LogP contribution in [0.4, 0.5) is 0 Å². The third kappa shape index (κ3) is 3.79. The monoisotopic (exact) mass is 313 g/mol. The van der Waals surface area contributed by atoms with Gasteiger partial charge in [-0.05, 0) is 43.2 Å². The number of amides is 1. The highest BCUT2D eigenvalue weighted by Crippen LogP contribution is 2.23. The van der Waals surface area contributed by atoms with Crippen molar-refractivity contribution in [3.63, 3.8) is 0 Å². The Morgan fingerprint density at radius 3 is 2.70 bits per heavy atom. The van der Waals surface area contributed by atoms with Crippen LogP contribution < -0.4 is 5.32 Å². The molecule has 1 heterocycles. The zero-order valence-corrected chi connectivity index (χ0v) is 13.2. The molecule has 2 N–H and O–H groups in total. The molecule has 5 heteroatoms. The van der Waals surface area contributed by atoms with E-state index in [1.165, 1.54) is 6.42 Å². The lowest BCUT2D eigenvalue weighted by molar-refractivity contribution is 0.0899. The van der Waals surface area contributed by atoms with Crippen molar-refractivity contribution < 1.29 is 9.90 Å². The van der Waals surface area contributed by atoms with Crippen LogP contribution >= 0.6 is 0 Å². The number of carbonyl (C=O) groups excluding carboxylic acids is 1. The van der Waals surface area contributed by atoms with Crippen molar-refractivity contribution in [1.82, 2.24) is 15.1 Å². The van der Waals surface area contributed by atoms with Crippen LogP contribution in [0.5, 0.6) is 0 Å². The summed E-state index contributed by atoms with van der Waals surface area (Å²) in [6.07, 6.45) is 8.95. The molecule has 1 aliphatic carbocycles. The summed E-state index contributed by atoms with van der Waals surface area (Å²) in [5.41, 5.74) is 1.57. The van der Waals surface area contributed by atoms with E-state index in [1.54, 1.807) is 10.9 Å². The number of aromatic nitrogens is 2. The predicted octanol–water partition coefficient (Wildman–Crippen LogP) is 2.54. The van der Waals surface area contributed by atoms with E-state index < -0.39 is 0 Å². The lowest BCUT2D eigenvalue weighted by Crippen LogP contribution is -2.41. The first-order valence-electron chi connectivity index (χ1n) is 8.30. The second-order valence-electron chi connectivity index (χ2n) is 6.16. The van der Waals surface area contributed by atoms with E-state index in [0.29, 0.717) is 5.56 Å². The lowest BCUT2D eigenvalue weighted by Gasteiger charge is -2.24. The summed E-state index contributed by atoms with van der Waals surface area (Å²) in [7, 11) is 0. The molecule has 2 aromatic rings. The number of carbonyl (C=O) groups is 1. The van der Waals surface area contributed by atoms with Crippen molar-refractivity contribution in [3.8, 4) is 5.69 Å². The average molecular weight is 313 g/mol. The van der Waals surface area contributed by atoms with Crippen LogP contribution in [0.3, 0.4) is 0 Å². The van der Waals surface area contributed by atoms with Gasteiger partial charge in [0.2, 0.25) is 0 Å². The van der Waals surface area contributed by atoms with E-state index in [4.69, 9.17) is 0 Å². The summed E-state index contributed by atoms with van der Waals surface area (Å²) in [5.74, 6) is 0.104. The highest BCUT2D eigenvalue weighted by molar-refractivity contribution is 5.94. The van der Waals surface area contributed by atoms with Gasteiger partial charge in [-0.2, -0.15) is 5.10 Å².